The van der Waals surface area contributed by atoms with E-state index in [1.165, 1.54) is 22.3 Å². The lowest BCUT2D eigenvalue weighted by molar-refractivity contribution is 0.186. The van der Waals surface area contributed by atoms with Gasteiger partial charge in [0.05, 0.1) is 6.61 Å². The van der Waals surface area contributed by atoms with Gasteiger partial charge in [-0.2, -0.15) is 0 Å². The number of hydrogen-bond donors (Lipinski definition) is 1. The molecule has 0 saturated carbocycles. The van der Waals surface area contributed by atoms with Gasteiger partial charge in [0.2, 0.25) is 0 Å². The molecule has 2 aromatic rings. The monoisotopic (exact) mass is 268 g/mol. The van der Waals surface area contributed by atoms with Gasteiger partial charge in [-0.05, 0) is 48.9 Å². The molecule has 1 nitrogen and oxygen atoms in total. The first kappa shape index (κ1) is 14.8. The Bertz CT molecular complexity index is 533. The SMILES string of the molecule is CCC(CO)(Cc1c(C)cccc1C)c1ccccc1. The van der Waals surface area contributed by atoms with Crippen LogP contribution in [0.25, 0.3) is 0 Å². The van der Waals surface area contributed by atoms with Crippen LogP contribution in [0, 0.1) is 13.8 Å². The second-order valence-electron chi connectivity index (χ2n) is 5.71. The van der Waals surface area contributed by atoms with Crippen LogP contribution in [0.5, 0.6) is 0 Å². The van der Waals surface area contributed by atoms with Crippen molar-refractivity contribution in [3.8, 4) is 0 Å². The highest BCUT2D eigenvalue weighted by atomic mass is 16.3. The third kappa shape index (κ3) is 2.78. The lowest BCUT2D eigenvalue weighted by Crippen LogP contribution is -2.33. The van der Waals surface area contributed by atoms with E-state index in [1.807, 2.05) is 6.07 Å². The van der Waals surface area contributed by atoms with Gasteiger partial charge in [-0.25, -0.2) is 0 Å². The molecule has 1 heteroatoms. The Kier molecular flexibility index (Phi) is 4.61. The minimum absolute atomic E-state index is 0.182. The number of aliphatic hydroxyl groups is 1. The second kappa shape index (κ2) is 6.23. The molecule has 1 N–H and O–H groups in total. The maximum absolute atomic E-state index is 10.1. The fourth-order valence-corrected chi connectivity index (χ4v) is 2.95. The van der Waals surface area contributed by atoms with E-state index in [-0.39, 0.29) is 12.0 Å². The largest absolute Gasteiger partial charge is 0.395 e. The molecule has 2 rings (SSSR count). The standard InChI is InChI=1S/C19H24O/c1-4-19(14-20,17-11-6-5-7-12-17)13-18-15(2)9-8-10-16(18)3/h5-12,20H,4,13-14H2,1-3H3. The molecule has 0 fully saturated rings. The van der Waals surface area contributed by atoms with E-state index in [0.717, 1.165) is 12.8 Å². The smallest absolute Gasteiger partial charge is 0.0531 e. The Labute approximate surface area is 122 Å². The zero-order valence-corrected chi connectivity index (χ0v) is 12.7. The van der Waals surface area contributed by atoms with Crippen molar-refractivity contribution in [3.63, 3.8) is 0 Å². The van der Waals surface area contributed by atoms with E-state index in [9.17, 15) is 5.11 Å². The first-order valence-electron chi connectivity index (χ1n) is 7.34. The Hall–Kier alpha value is -1.60. The summed E-state index contributed by atoms with van der Waals surface area (Å²) in [6.07, 6.45) is 1.82. The average molecular weight is 268 g/mol. The average Bonchev–Trinajstić information content (AvgIpc) is 2.49. The van der Waals surface area contributed by atoms with Crippen molar-refractivity contribution in [2.45, 2.75) is 39.0 Å². The van der Waals surface area contributed by atoms with Gasteiger partial charge in [-0.1, -0.05) is 55.5 Å². The third-order valence-electron chi connectivity index (χ3n) is 4.53. The lowest BCUT2D eigenvalue weighted by atomic mass is 9.73. The van der Waals surface area contributed by atoms with Crippen molar-refractivity contribution in [3.05, 3.63) is 70.8 Å². The van der Waals surface area contributed by atoms with Crippen LogP contribution in [0.15, 0.2) is 48.5 Å². The van der Waals surface area contributed by atoms with E-state index in [1.54, 1.807) is 0 Å². The van der Waals surface area contributed by atoms with Crippen LogP contribution < -0.4 is 0 Å². The molecule has 0 aliphatic carbocycles. The van der Waals surface area contributed by atoms with Crippen LogP contribution in [0.3, 0.4) is 0 Å². The summed E-state index contributed by atoms with van der Waals surface area (Å²) in [7, 11) is 0. The minimum Gasteiger partial charge on any atom is -0.395 e. The predicted molar refractivity (Wildman–Crippen MR) is 85.1 cm³/mol. The molecule has 1 unspecified atom stereocenters. The topological polar surface area (TPSA) is 20.2 Å². The van der Waals surface area contributed by atoms with Crippen LogP contribution in [0.1, 0.15) is 35.6 Å². The van der Waals surface area contributed by atoms with Gasteiger partial charge in [-0.3, -0.25) is 0 Å². The van der Waals surface area contributed by atoms with E-state index in [0.29, 0.717) is 0 Å². The van der Waals surface area contributed by atoms with Gasteiger partial charge in [0.15, 0.2) is 0 Å². The van der Waals surface area contributed by atoms with Crippen molar-refractivity contribution in [1.29, 1.82) is 0 Å². The van der Waals surface area contributed by atoms with Gasteiger partial charge in [-0.15, -0.1) is 0 Å². The van der Waals surface area contributed by atoms with Crippen LogP contribution in [-0.4, -0.2) is 11.7 Å². The first-order valence-corrected chi connectivity index (χ1v) is 7.34. The quantitative estimate of drug-likeness (QED) is 0.862. The fourth-order valence-electron chi connectivity index (χ4n) is 2.95. The van der Waals surface area contributed by atoms with Crippen molar-refractivity contribution < 1.29 is 5.11 Å². The molecule has 2 aromatic carbocycles. The molecule has 0 heterocycles. The summed E-state index contributed by atoms with van der Waals surface area (Å²) >= 11 is 0. The summed E-state index contributed by atoms with van der Waals surface area (Å²) in [5.41, 5.74) is 5.04. The molecule has 1 atom stereocenters. The summed E-state index contributed by atoms with van der Waals surface area (Å²) < 4.78 is 0. The summed E-state index contributed by atoms with van der Waals surface area (Å²) in [4.78, 5) is 0. The highest BCUT2D eigenvalue weighted by Crippen LogP contribution is 2.33. The zero-order valence-electron chi connectivity index (χ0n) is 12.7. The number of hydrogen-bond acceptors (Lipinski definition) is 1. The Morgan fingerprint density at radius 3 is 2.00 bits per heavy atom. The lowest BCUT2D eigenvalue weighted by Gasteiger charge is -2.33. The molecule has 0 radical (unpaired) electrons. The Morgan fingerprint density at radius 2 is 1.50 bits per heavy atom. The molecule has 0 bridgehead atoms. The fraction of sp³-hybridized carbons (Fsp3) is 0.368. The van der Waals surface area contributed by atoms with Gasteiger partial charge in [0, 0.05) is 5.41 Å². The summed E-state index contributed by atoms with van der Waals surface area (Å²) in [6, 6.07) is 16.8. The summed E-state index contributed by atoms with van der Waals surface area (Å²) in [5.74, 6) is 0. The number of rotatable bonds is 5. The number of aryl methyl sites for hydroxylation is 2. The van der Waals surface area contributed by atoms with E-state index >= 15 is 0 Å². The second-order valence-corrected chi connectivity index (χ2v) is 5.71. The molecule has 0 spiro atoms. The van der Waals surface area contributed by atoms with Gasteiger partial charge < -0.3 is 5.11 Å². The molecule has 20 heavy (non-hydrogen) atoms. The summed E-state index contributed by atoms with van der Waals surface area (Å²) in [6.45, 7) is 6.66. The van der Waals surface area contributed by atoms with Crippen LogP contribution in [-0.2, 0) is 11.8 Å². The third-order valence-corrected chi connectivity index (χ3v) is 4.53. The molecule has 0 amide bonds. The maximum Gasteiger partial charge on any atom is 0.0531 e. The van der Waals surface area contributed by atoms with Crippen molar-refractivity contribution >= 4 is 0 Å². The maximum atomic E-state index is 10.1. The number of aliphatic hydroxyl groups excluding tert-OH is 1. The number of benzene rings is 2. The van der Waals surface area contributed by atoms with Gasteiger partial charge in [0.25, 0.3) is 0 Å². The predicted octanol–water partition coefficient (Wildman–Crippen LogP) is 4.19. The van der Waals surface area contributed by atoms with Crippen molar-refractivity contribution in [2.24, 2.45) is 0 Å². The van der Waals surface area contributed by atoms with Crippen LogP contribution >= 0.6 is 0 Å². The zero-order chi connectivity index (χ0) is 14.6. The highest BCUT2D eigenvalue weighted by molar-refractivity contribution is 5.38. The normalized spacial score (nSPS) is 14.0. The van der Waals surface area contributed by atoms with E-state index < -0.39 is 0 Å². The first-order chi connectivity index (χ1) is 9.63. The van der Waals surface area contributed by atoms with Crippen LogP contribution in [0.2, 0.25) is 0 Å². The van der Waals surface area contributed by atoms with Gasteiger partial charge >= 0.3 is 0 Å². The van der Waals surface area contributed by atoms with Crippen LogP contribution in [0.4, 0.5) is 0 Å². The molecule has 0 aliphatic heterocycles. The van der Waals surface area contributed by atoms with Gasteiger partial charge in [0.1, 0.15) is 0 Å². The highest BCUT2D eigenvalue weighted by Gasteiger charge is 2.30. The molecular formula is C19H24O. The molecular weight excluding hydrogens is 244 g/mol. The van der Waals surface area contributed by atoms with Crippen molar-refractivity contribution in [1.82, 2.24) is 0 Å². The summed E-state index contributed by atoms with van der Waals surface area (Å²) in [5, 5.41) is 10.1. The molecule has 0 aromatic heterocycles. The Morgan fingerprint density at radius 1 is 0.900 bits per heavy atom. The van der Waals surface area contributed by atoms with E-state index in [2.05, 4.69) is 63.2 Å². The molecule has 106 valence electrons. The Balaban J connectivity index is 2.45. The molecule has 0 saturated heterocycles. The van der Waals surface area contributed by atoms with E-state index in [4.69, 9.17) is 0 Å². The molecule has 0 aliphatic rings. The minimum atomic E-state index is -0.182. The van der Waals surface area contributed by atoms with Crippen molar-refractivity contribution in [2.75, 3.05) is 6.61 Å².